The van der Waals surface area contributed by atoms with Gasteiger partial charge in [-0.3, -0.25) is 0 Å². The van der Waals surface area contributed by atoms with Gasteiger partial charge in [0.15, 0.2) is 0 Å². The second kappa shape index (κ2) is 5.08. The highest BCUT2D eigenvalue weighted by Crippen LogP contribution is 2.47. The van der Waals surface area contributed by atoms with Crippen LogP contribution in [0.5, 0.6) is 5.88 Å². The van der Waals surface area contributed by atoms with Crippen LogP contribution in [0.4, 0.5) is 13.2 Å². The molecule has 0 aliphatic carbocycles. The molecule has 0 spiro atoms. The number of pyridine rings is 1. The summed E-state index contributed by atoms with van der Waals surface area (Å²) in [5.74, 6) is 0.188. The van der Waals surface area contributed by atoms with E-state index in [0.29, 0.717) is 0 Å². The van der Waals surface area contributed by atoms with E-state index < -0.39 is 11.8 Å². The summed E-state index contributed by atoms with van der Waals surface area (Å²) >= 11 is 3.11. The largest absolute Gasteiger partial charge is 0.474 e. The smallest absolute Gasteiger partial charge is 0.442 e. The van der Waals surface area contributed by atoms with E-state index in [1.165, 1.54) is 6.07 Å². The zero-order valence-corrected chi connectivity index (χ0v) is 12.0. The monoisotopic (exact) mass is 351 g/mol. The Balaban J connectivity index is 2.45. The van der Waals surface area contributed by atoms with Gasteiger partial charge in [-0.25, -0.2) is 4.98 Å². The Morgan fingerprint density at radius 1 is 1.25 bits per heavy atom. The number of aromatic nitrogens is 1. The van der Waals surface area contributed by atoms with Crippen LogP contribution in [-0.2, 0) is 5.66 Å². The van der Waals surface area contributed by atoms with E-state index in [9.17, 15) is 13.2 Å². The Labute approximate surface area is 120 Å². The fourth-order valence-corrected chi connectivity index (χ4v) is 1.95. The van der Waals surface area contributed by atoms with E-state index in [4.69, 9.17) is 4.74 Å². The molecule has 10 heteroatoms. The highest BCUT2D eigenvalue weighted by atomic mass is 79.9. The molecule has 0 amide bonds. The standard InChI is InChI=1S/C10H9BrF3N5O/c1-5(2)20-8-7(11)3-6(4-15-8)9(10(12,13)14)16-18-19-17-9/h3-5H,1-2H3. The lowest BCUT2D eigenvalue weighted by Gasteiger charge is -2.23. The minimum absolute atomic E-state index is 0.160. The molecular formula is C10H9BrF3N5O. The summed E-state index contributed by atoms with van der Waals surface area (Å²) < 4.78 is 45.1. The lowest BCUT2D eigenvalue weighted by atomic mass is 10.0. The first kappa shape index (κ1) is 14.8. The van der Waals surface area contributed by atoms with Crippen molar-refractivity contribution in [3.63, 3.8) is 0 Å². The maximum Gasteiger partial charge on any atom is 0.442 e. The van der Waals surface area contributed by atoms with Crippen LogP contribution in [0.2, 0.25) is 0 Å². The molecule has 0 aromatic carbocycles. The van der Waals surface area contributed by atoms with E-state index in [1.54, 1.807) is 13.8 Å². The molecule has 0 unspecified atom stereocenters. The molecule has 0 saturated heterocycles. The van der Waals surface area contributed by atoms with E-state index in [1.807, 2.05) is 0 Å². The quantitative estimate of drug-likeness (QED) is 0.819. The molecule has 2 rings (SSSR count). The van der Waals surface area contributed by atoms with Crippen LogP contribution in [0.3, 0.4) is 0 Å². The normalized spacial score (nSPS) is 16.9. The number of alkyl halides is 3. The first-order valence-corrected chi connectivity index (χ1v) is 6.29. The third-order valence-corrected chi connectivity index (χ3v) is 2.94. The molecule has 2 heterocycles. The van der Waals surface area contributed by atoms with Crippen LogP contribution < -0.4 is 4.74 Å². The van der Waals surface area contributed by atoms with Crippen molar-refractivity contribution >= 4 is 15.9 Å². The molecule has 0 fully saturated rings. The number of hydrogen-bond acceptors (Lipinski definition) is 6. The average Bonchev–Trinajstić information content (AvgIpc) is 2.81. The van der Waals surface area contributed by atoms with Crippen LogP contribution in [0, 0.1) is 0 Å². The number of ether oxygens (including phenoxy) is 1. The molecule has 20 heavy (non-hydrogen) atoms. The summed E-state index contributed by atoms with van der Waals surface area (Å²) in [6, 6.07) is 1.20. The van der Waals surface area contributed by atoms with E-state index >= 15 is 0 Å². The molecule has 0 N–H and O–H groups in total. The molecule has 0 radical (unpaired) electrons. The van der Waals surface area contributed by atoms with Crippen molar-refractivity contribution in [2.24, 2.45) is 20.7 Å². The van der Waals surface area contributed by atoms with Crippen LogP contribution >= 0.6 is 15.9 Å². The van der Waals surface area contributed by atoms with Crippen molar-refractivity contribution in [3.05, 3.63) is 22.3 Å². The molecular weight excluding hydrogens is 343 g/mol. The SMILES string of the molecule is CC(C)Oc1ncc(C2(C(F)(F)F)N=NN=N2)cc1Br. The molecule has 1 aromatic rings. The van der Waals surface area contributed by atoms with E-state index in [0.717, 1.165) is 6.20 Å². The zero-order valence-electron chi connectivity index (χ0n) is 10.4. The van der Waals surface area contributed by atoms with Crippen molar-refractivity contribution in [1.82, 2.24) is 4.98 Å². The third kappa shape index (κ3) is 2.51. The zero-order chi connectivity index (χ0) is 15.0. The van der Waals surface area contributed by atoms with Gasteiger partial charge in [0.05, 0.1) is 10.6 Å². The Hall–Kier alpha value is -1.58. The lowest BCUT2D eigenvalue weighted by Crippen LogP contribution is -2.37. The average molecular weight is 352 g/mol. The number of nitrogens with zero attached hydrogens (tertiary/aromatic N) is 5. The van der Waals surface area contributed by atoms with Gasteiger partial charge < -0.3 is 4.74 Å². The summed E-state index contributed by atoms with van der Waals surface area (Å²) in [6.45, 7) is 3.55. The van der Waals surface area contributed by atoms with Crippen molar-refractivity contribution in [2.75, 3.05) is 0 Å². The van der Waals surface area contributed by atoms with Crippen LogP contribution in [0.15, 0.2) is 37.4 Å². The maximum atomic E-state index is 13.2. The van der Waals surface area contributed by atoms with Gasteiger partial charge in [-0.05, 0) is 46.3 Å². The molecule has 6 nitrogen and oxygen atoms in total. The Morgan fingerprint density at radius 3 is 2.30 bits per heavy atom. The molecule has 0 bridgehead atoms. The molecule has 1 aromatic heterocycles. The van der Waals surface area contributed by atoms with Gasteiger partial charge in [0.25, 0.3) is 0 Å². The van der Waals surface area contributed by atoms with Crippen molar-refractivity contribution in [1.29, 1.82) is 0 Å². The predicted molar refractivity (Wildman–Crippen MR) is 65.1 cm³/mol. The highest BCUT2D eigenvalue weighted by Gasteiger charge is 2.60. The second-order valence-electron chi connectivity index (χ2n) is 4.23. The maximum absolute atomic E-state index is 13.2. The number of rotatable bonds is 3. The molecule has 1 aliphatic heterocycles. The van der Waals surface area contributed by atoms with Gasteiger partial charge in [-0.15, -0.1) is 10.2 Å². The summed E-state index contributed by atoms with van der Waals surface area (Å²) in [5.41, 5.74) is -3.13. The number of hydrogen-bond donors (Lipinski definition) is 0. The van der Waals surface area contributed by atoms with Crippen molar-refractivity contribution in [2.45, 2.75) is 31.8 Å². The fourth-order valence-electron chi connectivity index (χ4n) is 1.51. The van der Waals surface area contributed by atoms with Gasteiger partial charge in [0, 0.05) is 11.8 Å². The fraction of sp³-hybridized carbons (Fsp3) is 0.500. The Bertz CT molecular complexity index is 561. The summed E-state index contributed by atoms with van der Waals surface area (Å²) in [5, 5.41) is 12.1. The van der Waals surface area contributed by atoms with Crippen LogP contribution in [0.25, 0.3) is 0 Å². The van der Waals surface area contributed by atoms with E-state index in [-0.39, 0.29) is 22.0 Å². The topological polar surface area (TPSA) is 71.6 Å². The summed E-state index contributed by atoms with van der Waals surface area (Å²) in [4.78, 5) is 3.85. The lowest BCUT2D eigenvalue weighted by molar-refractivity contribution is -0.187. The van der Waals surface area contributed by atoms with E-state index in [2.05, 4.69) is 41.6 Å². The van der Waals surface area contributed by atoms with Gasteiger partial charge in [-0.1, -0.05) is 0 Å². The molecule has 0 saturated carbocycles. The first-order chi connectivity index (χ1) is 9.26. The highest BCUT2D eigenvalue weighted by molar-refractivity contribution is 9.10. The summed E-state index contributed by atoms with van der Waals surface area (Å²) in [7, 11) is 0. The second-order valence-corrected chi connectivity index (χ2v) is 5.08. The van der Waals surface area contributed by atoms with Gasteiger partial charge in [-0.2, -0.15) is 13.2 Å². The summed E-state index contributed by atoms with van der Waals surface area (Å²) in [6.07, 6.45) is -3.93. The van der Waals surface area contributed by atoms with Crippen molar-refractivity contribution < 1.29 is 17.9 Å². The number of halogens is 4. The van der Waals surface area contributed by atoms with Gasteiger partial charge in [0.2, 0.25) is 5.88 Å². The first-order valence-electron chi connectivity index (χ1n) is 5.50. The molecule has 0 atom stereocenters. The predicted octanol–water partition coefficient (Wildman–Crippen LogP) is 4.18. The molecule has 1 aliphatic rings. The van der Waals surface area contributed by atoms with Gasteiger partial charge >= 0.3 is 11.8 Å². The minimum atomic E-state index is -4.77. The van der Waals surface area contributed by atoms with Crippen molar-refractivity contribution in [3.8, 4) is 5.88 Å². The molecule has 108 valence electrons. The van der Waals surface area contributed by atoms with Crippen LogP contribution in [0.1, 0.15) is 19.4 Å². The van der Waals surface area contributed by atoms with Crippen LogP contribution in [-0.4, -0.2) is 17.3 Å². The Kier molecular flexibility index (Phi) is 3.76. The third-order valence-electron chi connectivity index (χ3n) is 2.37. The Morgan fingerprint density at radius 2 is 1.85 bits per heavy atom. The minimum Gasteiger partial charge on any atom is -0.474 e. The van der Waals surface area contributed by atoms with Gasteiger partial charge in [0.1, 0.15) is 0 Å².